The maximum atomic E-state index is 14.4. The molecule has 0 aliphatic heterocycles. The van der Waals surface area contributed by atoms with Crippen LogP contribution in [0, 0.1) is 24.1 Å². The monoisotopic (exact) mass is 378 g/mol. The number of hydrogen-bond donors (Lipinski definition) is 2. The van der Waals surface area contributed by atoms with Crippen LogP contribution in [-0.4, -0.2) is 22.1 Å². The van der Waals surface area contributed by atoms with Gasteiger partial charge in [0.15, 0.2) is 0 Å². The molecule has 1 aromatic carbocycles. The lowest BCUT2D eigenvalue weighted by molar-refractivity contribution is 0.0272. The number of aryl methyl sites for hydroxylation is 1. The van der Waals surface area contributed by atoms with E-state index in [0.29, 0.717) is 40.5 Å². The molecule has 142 valence electrons. The van der Waals surface area contributed by atoms with Crippen molar-refractivity contribution in [2.45, 2.75) is 12.8 Å². The number of hydroxylamine groups is 1. The Hall–Kier alpha value is -3.37. The Morgan fingerprint density at radius 1 is 1.43 bits per heavy atom. The summed E-state index contributed by atoms with van der Waals surface area (Å²) < 4.78 is 16.1. The van der Waals surface area contributed by atoms with Gasteiger partial charge in [-0.05, 0) is 49.1 Å². The second-order valence-electron chi connectivity index (χ2n) is 6.81. The molecule has 0 unspecified atom stereocenters. The number of anilines is 2. The Balaban J connectivity index is 1.71. The highest BCUT2D eigenvalue weighted by Gasteiger charge is 2.25. The minimum atomic E-state index is -0.509. The third-order valence-electron chi connectivity index (χ3n) is 4.74. The zero-order valence-electron chi connectivity index (χ0n) is 15.3. The van der Waals surface area contributed by atoms with Gasteiger partial charge in [-0.15, -0.1) is 6.42 Å². The van der Waals surface area contributed by atoms with Crippen molar-refractivity contribution in [3.05, 3.63) is 53.5 Å². The Kier molecular flexibility index (Phi) is 4.72. The summed E-state index contributed by atoms with van der Waals surface area (Å²) in [6.45, 7) is 0.486. The molecule has 2 heterocycles. The minimum absolute atomic E-state index is 0.206. The zero-order chi connectivity index (χ0) is 19.7. The van der Waals surface area contributed by atoms with Crippen molar-refractivity contribution < 1.29 is 14.0 Å². The minimum Gasteiger partial charge on any atom is -0.339 e. The van der Waals surface area contributed by atoms with Gasteiger partial charge in [0, 0.05) is 24.2 Å². The molecule has 0 radical (unpaired) electrons. The first-order valence-corrected chi connectivity index (χ1v) is 8.97. The molecule has 1 saturated carbocycles. The van der Waals surface area contributed by atoms with Gasteiger partial charge in [0.1, 0.15) is 17.3 Å². The lowest BCUT2D eigenvalue weighted by Gasteiger charge is -2.12. The average Bonchev–Trinajstić information content (AvgIpc) is 3.48. The van der Waals surface area contributed by atoms with Gasteiger partial charge in [-0.2, -0.15) is 0 Å². The number of terminal acetylenes is 1. The summed E-state index contributed by atoms with van der Waals surface area (Å²) in [7, 11) is 1.76. The lowest BCUT2D eigenvalue weighted by atomic mass is 10.1. The molecule has 2 aromatic heterocycles. The van der Waals surface area contributed by atoms with Gasteiger partial charge in [0.2, 0.25) is 0 Å². The van der Waals surface area contributed by atoms with Crippen molar-refractivity contribution in [2.24, 2.45) is 13.0 Å². The Morgan fingerprint density at radius 3 is 2.96 bits per heavy atom. The molecule has 0 bridgehead atoms. The second kappa shape index (κ2) is 7.33. The number of rotatable bonds is 6. The van der Waals surface area contributed by atoms with E-state index in [4.69, 9.17) is 11.3 Å². The number of benzene rings is 1. The lowest BCUT2D eigenvalue weighted by Crippen LogP contribution is -2.25. The van der Waals surface area contributed by atoms with Gasteiger partial charge in [0.05, 0.1) is 17.9 Å². The summed E-state index contributed by atoms with van der Waals surface area (Å²) in [5, 5.41) is 3.64. The van der Waals surface area contributed by atoms with Crippen LogP contribution in [0.5, 0.6) is 0 Å². The third-order valence-corrected chi connectivity index (χ3v) is 4.74. The smallest absolute Gasteiger partial charge is 0.279 e. The summed E-state index contributed by atoms with van der Waals surface area (Å²) in [6, 6.07) is 7.98. The molecule has 1 aliphatic carbocycles. The highest BCUT2D eigenvalue weighted by molar-refractivity contribution is 6.11. The number of carbonyl (C=O) groups is 1. The van der Waals surface area contributed by atoms with Crippen LogP contribution in [0.15, 0.2) is 36.5 Å². The van der Waals surface area contributed by atoms with E-state index in [1.165, 1.54) is 6.07 Å². The number of pyridine rings is 1. The van der Waals surface area contributed by atoms with E-state index in [0.717, 1.165) is 12.8 Å². The van der Waals surface area contributed by atoms with Gasteiger partial charge < -0.3 is 9.88 Å². The maximum absolute atomic E-state index is 14.4. The van der Waals surface area contributed by atoms with Crippen molar-refractivity contribution >= 4 is 28.4 Å². The van der Waals surface area contributed by atoms with Crippen molar-refractivity contribution in [1.29, 1.82) is 0 Å². The van der Waals surface area contributed by atoms with Crippen molar-refractivity contribution in [3.63, 3.8) is 0 Å². The van der Waals surface area contributed by atoms with Gasteiger partial charge in [-0.1, -0.05) is 5.92 Å². The molecule has 6 nitrogen and oxygen atoms in total. The third kappa shape index (κ3) is 3.42. The highest BCUT2D eigenvalue weighted by atomic mass is 19.1. The van der Waals surface area contributed by atoms with Crippen LogP contribution in [-0.2, 0) is 11.9 Å². The number of nitrogens with one attached hydrogen (secondary N) is 2. The topological polar surface area (TPSA) is 68.2 Å². The summed E-state index contributed by atoms with van der Waals surface area (Å²) in [5.41, 5.74) is 4.07. The molecule has 0 saturated heterocycles. The maximum Gasteiger partial charge on any atom is 0.279 e. The molecule has 1 amide bonds. The predicted molar refractivity (Wildman–Crippen MR) is 104 cm³/mol. The first-order chi connectivity index (χ1) is 13.6. The molecule has 2 N–H and O–H groups in total. The van der Waals surface area contributed by atoms with Gasteiger partial charge in [-0.25, -0.2) is 14.9 Å². The molecular formula is C21H19FN4O2. The molecule has 0 spiro atoms. The quantitative estimate of drug-likeness (QED) is 0.509. The van der Waals surface area contributed by atoms with E-state index in [1.807, 2.05) is 0 Å². The van der Waals surface area contributed by atoms with Crippen LogP contribution in [0.2, 0.25) is 0 Å². The summed E-state index contributed by atoms with van der Waals surface area (Å²) in [4.78, 5) is 22.5. The zero-order valence-corrected chi connectivity index (χ0v) is 15.3. The Bertz CT molecular complexity index is 1100. The highest BCUT2D eigenvalue weighted by Crippen LogP contribution is 2.32. The van der Waals surface area contributed by atoms with E-state index in [2.05, 4.69) is 21.7 Å². The van der Waals surface area contributed by atoms with Gasteiger partial charge in [0.25, 0.3) is 5.91 Å². The molecule has 4 rings (SSSR count). The normalized spacial score (nSPS) is 13.3. The number of hydrogen-bond acceptors (Lipinski definition) is 4. The number of amides is 1. The molecular weight excluding hydrogens is 359 g/mol. The fourth-order valence-electron chi connectivity index (χ4n) is 3.03. The van der Waals surface area contributed by atoms with Crippen molar-refractivity contribution in [2.75, 3.05) is 11.9 Å². The number of carbonyl (C=O) groups excluding carboxylic acids is 1. The molecule has 0 atom stereocenters. The van der Waals surface area contributed by atoms with E-state index >= 15 is 0 Å². The predicted octanol–water partition coefficient (Wildman–Crippen LogP) is 3.51. The standard InChI is InChI=1S/C21H19FN4O2/c1-3-13-8-9-17(16(22)11-13)24-20-18(21(27)25-28-12-14-6-7-14)15-5-4-10-23-19(15)26(20)2/h1,4-5,8-11,14,24H,6-7,12H2,2H3,(H,25,27). The first kappa shape index (κ1) is 18.0. The van der Waals surface area contributed by atoms with E-state index < -0.39 is 11.7 Å². The average molecular weight is 378 g/mol. The molecule has 1 fully saturated rings. The molecule has 3 aromatic rings. The van der Waals surface area contributed by atoms with Crippen LogP contribution in [0.4, 0.5) is 15.9 Å². The Labute approximate surface area is 161 Å². The van der Waals surface area contributed by atoms with Crippen LogP contribution in [0.25, 0.3) is 11.0 Å². The van der Waals surface area contributed by atoms with Gasteiger partial charge >= 0.3 is 0 Å². The fourth-order valence-corrected chi connectivity index (χ4v) is 3.03. The van der Waals surface area contributed by atoms with Crippen molar-refractivity contribution in [1.82, 2.24) is 15.0 Å². The van der Waals surface area contributed by atoms with Crippen LogP contribution < -0.4 is 10.8 Å². The van der Waals surface area contributed by atoms with E-state index in [-0.39, 0.29) is 5.69 Å². The van der Waals surface area contributed by atoms with Crippen molar-refractivity contribution in [3.8, 4) is 12.3 Å². The molecule has 1 aliphatic rings. The van der Waals surface area contributed by atoms with Crippen LogP contribution in [0.3, 0.4) is 0 Å². The SMILES string of the molecule is C#Cc1ccc(Nc2c(C(=O)NOCC3CC3)c3cccnc3n2C)c(F)c1. The second-order valence-corrected chi connectivity index (χ2v) is 6.81. The number of halogens is 1. The summed E-state index contributed by atoms with van der Waals surface area (Å²) in [6.07, 6.45) is 9.19. The number of nitrogens with zero attached hydrogens (tertiary/aromatic N) is 2. The Morgan fingerprint density at radius 2 is 2.25 bits per heavy atom. The fraction of sp³-hybridized carbons (Fsp3) is 0.238. The van der Waals surface area contributed by atoms with Crippen LogP contribution >= 0.6 is 0 Å². The first-order valence-electron chi connectivity index (χ1n) is 8.97. The summed E-state index contributed by atoms with van der Waals surface area (Å²) >= 11 is 0. The van der Waals surface area contributed by atoms with Gasteiger partial charge in [-0.3, -0.25) is 9.63 Å². The number of aromatic nitrogens is 2. The molecule has 7 heteroatoms. The molecule has 28 heavy (non-hydrogen) atoms. The number of fused-ring (bicyclic) bond motifs is 1. The largest absolute Gasteiger partial charge is 0.339 e. The van der Waals surface area contributed by atoms with Crippen LogP contribution in [0.1, 0.15) is 28.8 Å². The van der Waals surface area contributed by atoms with E-state index in [9.17, 15) is 9.18 Å². The summed E-state index contributed by atoms with van der Waals surface area (Å²) in [5.74, 6) is 2.39. The van der Waals surface area contributed by atoms with E-state index in [1.54, 1.807) is 42.1 Å².